The highest BCUT2D eigenvalue weighted by atomic mass is 35.5. The molecule has 0 unspecified atom stereocenters. The number of nitrogens with zero attached hydrogens (tertiary/aromatic N) is 1. The Morgan fingerprint density at radius 2 is 1.85 bits per heavy atom. The van der Waals surface area contributed by atoms with Crippen LogP contribution in [0.5, 0.6) is 11.5 Å². The number of hydrogen-bond acceptors (Lipinski definition) is 4. The third kappa shape index (κ3) is 3.67. The van der Waals surface area contributed by atoms with Gasteiger partial charge in [0.25, 0.3) is 0 Å². The number of hydrogen-bond donors (Lipinski definition) is 1. The normalized spacial score (nSPS) is 28.8. The third-order valence-electron chi connectivity index (χ3n) is 5.95. The summed E-state index contributed by atoms with van der Waals surface area (Å²) in [6, 6.07) is 5.31. The van der Waals surface area contributed by atoms with Crippen LogP contribution in [-0.2, 0) is 6.54 Å². The first-order valence-corrected chi connectivity index (χ1v) is 9.17. The molecule has 3 aliphatic heterocycles. The molecule has 4 rings (SSSR count). The number of fused-ring (bicyclic) bond motifs is 5. The Morgan fingerprint density at radius 1 is 1.19 bits per heavy atom. The molecule has 4 nitrogen and oxygen atoms in total. The zero-order valence-electron chi connectivity index (χ0n) is 14.9. The van der Waals surface area contributed by atoms with Crippen LogP contribution in [0.1, 0.15) is 18.4 Å². The van der Waals surface area contributed by atoms with Gasteiger partial charge in [0, 0.05) is 29.7 Å². The van der Waals surface area contributed by atoms with Gasteiger partial charge in [0.15, 0.2) is 11.5 Å². The number of rotatable bonds is 6. The second kappa shape index (κ2) is 9.03. The summed E-state index contributed by atoms with van der Waals surface area (Å²) in [5, 5.41) is 4.32. The Bertz CT molecular complexity index is 625. The molecule has 3 heterocycles. The number of benzene rings is 1. The fraction of sp³-hybridized carbons (Fsp3) is 0.579. The smallest absolute Gasteiger partial charge is 0.163 e. The summed E-state index contributed by atoms with van der Waals surface area (Å²) < 4.78 is 11.1. The molecule has 3 saturated heterocycles. The summed E-state index contributed by atoms with van der Waals surface area (Å²) in [4.78, 5) is 2.68. The van der Waals surface area contributed by atoms with E-state index < -0.39 is 0 Å². The van der Waals surface area contributed by atoms with Gasteiger partial charge in [0.1, 0.15) is 6.61 Å². The lowest BCUT2D eigenvalue weighted by Crippen LogP contribution is -2.33. The minimum atomic E-state index is 0. The van der Waals surface area contributed by atoms with E-state index in [1.54, 1.807) is 13.2 Å². The average molecular weight is 422 g/mol. The van der Waals surface area contributed by atoms with Gasteiger partial charge in [-0.1, -0.05) is 24.3 Å². The van der Waals surface area contributed by atoms with Gasteiger partial charge in [0.05, 0.1) is 7.11 Å². The lowest BCUT2D eigenvalue weighted by molar-refractivity contribution is 0.218. The van der Waals surface area contributed by atoms with Crippen LogP contribution in [0.25, 0.3) is 0 Å². The molecule has 0 aliphatic carbocycles. The molecule has 4 atom stereocenters. The maximum Gasteiger partial charge on any atom is 0.163 e. The molecule has 26 heavy (non-hydrogen) atoms. The lowest BCUT2D eigenvalue weighted by Gasteiger charge is -2.25. The predicted octanol–water partition coefficient (Wildman–Crippen LogP) is 3.94. The molecule has 3 aliphatic rings. The fourth-order valence-corrected chi connectivity index (χ4v) is 5.17. The van der Waals surface area contributed by atoms with Crippen LogP contribution >= 0.6 is 36.4 Å². The number of nitrogens with one attached hydrogen (secondary N) is 1. The molecule has 0 saturated carbocycles. The van der Waals surface area contributed by atoms with Gasteiger partial charge >= 0.3 is 0 Å². The largest absolute Gasteiger partial charge is 0.493 e. The van der Waals surface area contributed by atoms with E-state index in [1.807, 2.05) is 12.1 Å². The van der Waals surface area contributed by atoms with Crippen molar-refractivity contribution < 1.29 is 9.47 Å². The molecular weight excluding hydrogens is 395 g/mol. The second-order valence-electron chi connectivity index (χ2n) is 7.06. The van der Waals surface area contributed by atoms with E-state index in [4.69, 9.17) is 21.1 Å². The highest BCUT2D eigenvalue weighted by Gasteiger charge is 2.54. The van der Waals surface area contributed by atoms with Crippen molar-refractivity contribution in [3.8, 4) is 11.5 Å². The van der Waals surface area contributed by atoms with E-state index in [0.717, 1.165) is 34.7 Å². The second-order valence-corrected chi connectivity index (χ2v) is 7.47. The molecule has 0 radical (unpaired) electrons. The molecule has 1 aromatic rings. The van der Waals surface area contributed by atoms with Crippen LogP contribution < -0.4 is 14.8 Å². The summed E-state index contributed by atoms with van der Waals surface area (Å²) in [5.74, 6) is 3.06. The SMILES string of the molecule is C=CCOc1cc(Cl)c(CN2[C@@H]3CC[C@H]2[C@H]2CNC[C@H]23)cc1OC.Cl.Cl. The maximum absolute atomic E-state index is 6.55. The van der Waals surface area contributed by atoms with E-state index in [-0.39, 0.29) is 24.8 Å². The molecule has 0 spiro atoms. The van der Waals surface area contributed by atoms with E-state index in [0.29, 0.717) is 24.4 Å². The third-order valence-corrected chi connectivity index (χ3v) is 6.30. The van der Waals surface area contributed by atoms with Crippen molar-refractivity contribution in [3.05, 3.63) is 35.4 Å². The van der Waals surface area contributed by atoms with E-state index in [2.05, 4.69) is 16.8 Å². The molecule has 146 valence electrons. The van der Waals surface area contributed by atoms with Gasteiger partial charge < -0.3 is 14.8 Å². The molecule has 0 aromatic heterocycles. The van der Waals surface area contributed by atoms with Gasteiger partial charge in [-0.25, -0.2) is 0 Å². The molecule has 1 N–H and O–H groups in total. The monoisotopic (exact) mass is 420 g/mol. The van der Waals surface area contributed by atoms with Crippen molar-refractivity contribution in [2.45, 2.75) is 31.5 Å². The minimum absolute atomic E-state index is 0. The van der Waals surface area contributed by atoms with Gasteiger partial charge in [-0.05, 0) is 49.4 Å². The number of methoxy groups -OCH3 is 1. The zero-order valence-corrected chi connectivity index (χ0v) is 17.3. The molecule has 7 heteroatoms. The number of halogens is 3. The van der Waals surface area contributed by atoms with Crippen LogP contribution in [-0.4, -0.2) is 43.8 Å². The van der Waals surface area contributed by atoms with Crippen LogP contribution in [0.15, 0.2) is 24.8 Å². The average Bonchev–Trinajstić information content (AvgIpc) is 3.27. The van der Waals surface area contributed by atoms with Crippen molar-refractivity contribution in [1.82, 2.24) is 10.2 Å². The summed E-state index contributed by atoms with van der Waals surface area (Å²) in [6.07, 6.45) is 4.36. The topological polar surface area (TPSA) is 33.7 Å². The summed E-state index contributed by atoms with van der Waals surface area (Å²) in [6.45, 7) is 7.37. The predicted molar refractivity (Wildman–Crippen MR) is 110 cm³/mol. The quantitative estimate of drug-likeness (QED) is 0.705. The molecule has 1 aromatic carbocycles. The molecule has 2 bridgehead atoms. The molecular formula is C19H27Cl3N2O2. The highest BCUT2D eigenvalue weighted by Crippen LogP contribution is 2.48. The van der Waals surface area contributed by atoms with Crippen LogP contribution in [0, 0.1) is 11.8 Å². The summed E-state index contributed by atoms with van der Waals surface area (Å²) in [7, 11) is 1.67. The van der Waals surface area contributed by atoms with E-state index >= 15 is 0 Å². The Kier molecular flexibility index (Phi) is 7.52. The van der Waals surface area contributed by atoms with Crippen LogP contribution in [0.2, 0.25) is 5.02 Å². The van der Waals surface area contributed by atoms with Crippen molar-refractivity contribution in [1.29, 1.82) is 0 Å². The summed E-state index contributed by atoms with van der Waals surface area (Å²) in [5.41, 5.74) is 1.13. The van der Waals surface area contributed by atoms with Crippen LogP contribution in [0.4, 0.5) is 0 Å². The van der Waals surface area contributed by atoms with Gasteiger partial charge in [-0.15, -0.1) is 24.8 Å². The number of ether oxygens (including phenoxy) is 2. The van der Waals surface area contributed by atoms with Crippen molar-refractivity contribution in [3.63, 3.8) is 0 Å². The Hall–Kier alpha value is -0.650. The zero-order chi connectivity index (χ0) is 16.7. The Balaban J connectivity index is 0.00000121. The first-order valence-electron chi connectivity index (χ1n) is 8.79. The Labute approximate surface area is 173 Å². The first-order chi connectivity index (χ1) is 11.7. The standard InChI is InChI=1S/C19H25ClN2O2.2ClH/c1-3-6-24-19-8-15(20)12(7-18(19)23-2)11-22-16-4-5-17(22)14-10-21-9-13(14)16;;/h3,7-8,13-14,16-17,21H,1,4-6,9-11H2,2H3;2*1H/t13-,14+,16-,17+;;. The highest BCUT2D eigenvalue weighted by molar-refractivity contribution is 6.31. The van der Waals surface area contributed by atoms with Gasteiger partial charge in [0.2, 0.25) is 0 Å². The fourth-order valence-electron chi connectivity index (χ4n) is 4.95. The van der Waals surface area contributed by atoms with E-state index in [1.165, 1.54) is 25.9 Å². The van der Waals surface area contributed by atoms with Crippen molar-refractivity contribution >= 4 is 36.4 Å². The van der Waals surface area contributed by atoms with Crippen LogP contribution in [0.3, 0.4) is 0 Å². The molecule has 0 amide bonds. The lowest BCUT2D eigenvalue weighted by atomic mass is 9.82. The molecule has 3 fully saturated rings. The maximum atomic E-state index is 6.55. The Morgan fingerprint density at radius 3 is 2.42 bits per heavy atom. The first kappa shape index (κ1) is 21.6. The van der Waals surface area contributed by atoms with Gasteiger partial charge in [-0.2, -0.15) is 0 Å². The summed E-state index contributed by atoms with van der Waals surface area (Å²) >= 11 is 6.55. The van der Waals surface area contributed by atoms with E-state index in [9.17, 15) is 0 Å². The van der Waals surface area contributed by atoms with Crippen molar-refractivity contribution in [2.24, 2.45) is 11.8 Å². The van der Waals surface area contributed by atoms with Gasteiger partial charge in [-0.3, -0.25) is 4.90 Å². The minimum Gasteiger partial charge on any atom is -0.493 e. The van der Waals surface area contributed by atoms with Crippen molar-refractivity contribution in [2.75, 3.05) is 26.8 Å².